The maximum atomic E-state index is 5.96. The molecule has 0 aromatic rings. The van der Waals surface area contributed by atoms with Crippen molar-refractivity contribution in [2.75, 3.05) is 25.1 Å². The monoisotopic (exact) mass is 334 g/mol. The summed E-state index contributed by atoms with van der Waals surface area (Å²) in [5.41, 5.74) is 0. The minimum Gasteiger partial charge on any atom is -1.00 e. The lowest BCUT2D eigenvalue weighted by Gasteiger charge is -2.26. The molecule has 0 aromatic carbocycles. The predicted octanol–water partition coefficient (Wildman–Crippen LogP) is 3.45. The van der Waals surface area contributed by atoms with E-state index in [-0.39, 0.29) is 12.4 Å². The van der Waals surface area contributed by atoms with Gasteiger partial charge in [0.25, 0.3) is 0 Å². The third-order valence-corrected chi connectivity index (χ3v) is 8.85. The van der Waals surface area contributed by atoms with E-state index in [2.05, 4.69) is 26.6 Å². The topological polar surface area (TPSA) is 9.23 Å². The molecule has 0 N–H and O–H groups in total. The van der Waals surface area contributed by atoms with Crippen molar-refractivity contribution >= 4 is 7.26 Å². The second-order valence-corrected chi connectivity index (χ2v) is 10.4. The highest BCUT2D eigenvalue weighted by Gasteiger charge is 2.34. The highest BCUT2D eigenvalue weighted by molar-refractivity contribution is 7.78. The Morgan fingerprint density at radius 1 is 0.905 bits per heavy atom. The maximum Gasteiger partial charge on any atom is 0.130 e. The highest BCUT2D eigenvalue weighted by Crippen LogP contribution is 2.63. The number of unbranched alkanes of at least 4 members (excludes halogenated alkanes) is 3. The number of allylic oxidation sites excluding steroid dienone is 1. The lowest BCUT2D eigenvalue weighted by Crippen LogP contribution is -3.00. The lowest BCUT2D eigenvalue weighted by atomic mass is 10.2. The first-order valence-corrected chi connectivity index (χ1v) is 11.4. The molecular weight excluding hydrogens is 299 g/mol. The molecule has 0 atom stereocenters. The molecule has 1 aliphatic rings. The largest absolute Gasteiger partial charge is 1.00 e. The van der Waals surface area contributed by atoms with Crippen LogP contribution in [0.2, 0.25) is 0 Å². The molecule has 21 heavy (non-hydrogen) atoms. The van der Waals surface area contributed by atoms with Crippen LogP contribution in [0.15, 0.2) is 11.6 Å². The zero-order chi connectivity index (χ0) is 14.7. The van der Waals surface area contributed by atoms with E-state index < -0.39 is 7.26 Å². The van der Waals surface area contributed by atoms with E-state index in [9.17, 15) is 0 Å². The molecule has 126 valence electrons. The van der Waals surface area contributed by atoms with Crippen LogP contribution in [-0.4, -0.2) is 25.1 Å². The van der Waals surface area contributed by atoms with Crippen LogP contribution in [0.25, 0.3) is 0 Å². The highest BCUT2D eigenvalue weighted by atomic mass is 35.5. The van der Waals surface area contributed by atoms with E-state index in [4.69, 9.17) is 4.74 Å². The fourth-order valence-electron chi connectivity index (χ4n) is 3.03. The number of hydrogen-bond acceptors (Lipinski definition) is 1. The van der Waals surface area contributed by atoms with Crippen molar-refractivity contribution in [3.63, 3.8) is 0 Å². The lowest BCUT2D eigenvalue weighted by molar-refractivity contribution is -0.00000549. The van der Waals surface area contributed by atoms with Gasteiger partial charge in [-0.25, -0.2) is 0 Å². The van der Waals surface area contributed by atoms with Crippen molar-refractivity contribution in [2.45, 2.75) is 78.6 Å². The van der Waals surface area contributed by atoms with Crippen LogP contribution in [0, 0.1) is 0 Å². The summed E-state index contributed by atoms with van der Waals surface area (Å²) in [4.78, 5) is 0. The van der Waals surface area contributed by atoms with Gasteiger partial charge < -0.3 is 17.1 Å². The Hall–Kier alpha value is 0.260. The summed E-state index contributed by atoms with van der Waals surface area (Å²) in [5.74, 6) is 4.03. The summed E-state index contributed by atoms with van der Waals surface area (Å²) >= 11 is 0. The van der Waals surface area contributed by atoms with Gasteiger partial charge in [-0.15, -0.1) is 0 Å². The van der Waals surface area contributed by atoms with Gasteiger partial charge in [0.2, 0.25) is 0 Å². The molecule has 0 amide bonds. The second kappa shape index (κ2) is 12.8. The van der Waals surface area contributed by atoms with Crippen LogP contribution >= 0.6 is 7.26 Å². The molecule has 1 saturated heterocycles. The molecule has 0 bridgehead atoms. The minimum atomic E-state index is -0.901. The van der Waals surface area contributed by atoms with Gasteiger partial charge in [0.05, 0.1) is 30.9 Å². The zero-order valence-electron chi connectivity index (χ0n) is 14.5. The number of rotatable bonds is 10. The summed E-state index contributed by atoms with van der Waals surface area (Å²) in [7, 11) is -0.901. The Bertz CT molecular complexity index is 249. The fraction of sp³-hybridized carbons (Fsp3) is 0.889. The van der Waals surface area contributed by atoms with Gasteiger partial charge in [0.15, 0.2) is 0 Å². The van der Waals surface area contributed by atoms with Crippen molar-refractivity contribution in [3.05, 3.63) is 11.6 Å². The van der Waals surface area contributed by atoms with Crippen LogP contribution < -0.4 is 12.4 Å². The molecule has 0 aromatic heterocycles. The van der Waals surface area contributed by atoms with Gasteiger partial charge in [-0.3, -0.25) is 0 Å². The molecule has 0 unspecified atom stereocenters. The SMILES string of the molecule is CCCC[P+](/C=C1/CCCCO1)(CCCC)CCCC.[Cl-]. The molecule has 0 aliphatic carbocycles. The first-order chi connectivity index (χ1) is 9.76. The van der Waals surface area contributed by atoms with Crippen molar-refractivity contribution < 1.29 is 17.1 Å². The summed E-state index contributed by atoms with van der Waals surface area (Å²) in [6.45, 7) is 7.96. The van der Waals surface area contributed by atoms with Crippen molar-refractivity contribution in [2.24, 2.45) is 0 Å². The number of hydrogen-bond donors (Lipinski definition) is 0. The number of ether oxygens (including phenoxy) is 1. The Kier molecular flexibility index (Phi) is 12.9. The average Bonchev–Trinajstić information content (AvgIpc) is 2.49. The molecule has 1 heterocycles. The van der Waals surface area contributed by atoms with Crippen molar-refractivity contribution in [1.29, 1.82) is 0 Å². The maximum absolute atomic E-state index is 5.96. The Morgan fingerprint density at radius 2 is 1.43 bits per heavy atom. The molecule has 1 rings (SSSR count). The first kappa shape index (κ1) is 21.3. The van der Waals surface area contributed by atoms with E-state index >= 15 is 0 Å². The van der Waals surface area contributed by atoms with Crippen LogP contribution in [0.3, 0.4) is 0 Å². The molecule has 0 radical (unpaired) electrons. The van der Waals surface area contributed by atoms with Gasteiger partial charge in [0.1, 0.15) is 5.76 Å². The molecule has 1 fully saturated rings. The summed E-state index contributed by atoms with van der Waals surface area (Å²) in [6.07, 6.45) is 16.4. The Labute approximate surface area is 140 Å². The van der Waals surface area contributed by atoms with Crippen LogP contribution in [0.5, 0.6) is 0 Å². The third kappa shape index (κ3) is 8.46. The summed E-state index contributed by atoms with van der Waals surface area (Å²) < 4.78 is 5.96. The van der Waals surface area contributed by atoms with E-state index in [0.29, 0.717) is 0 Å². The molecule has 1 aliphatic heterocycles. The van der Waals surface area contributed by atoms with E-state index in [1.807, 2.05) is 0 Å². The van der Waals surface area contributed by atoms with Gasteiger partial charge in [-0.2, -0.15) is 0 Å². The van der Waals surface area contributed by atoms with E-state index in [1.54, 1.807) is 0 Å². The molecule has 3 heteroatoms. The average molecular weight is 335 g/mol. The standard InChI is InChI=1S/C18H36OP.ClH/c1-4-7-14-20(15-8-5-2,16-9-6-3)17-18-12-10-11-13-19-18;/h17H,4-16H2,1-3H3;1H/q+1;/p-1/b18-17-;. The van der Waals surface area contributed by atoms with Crippen molar-refractivity contribution in [3.8, 4) is 0 Å². The quantitative estimate of drug-likeness (QED) is 0.556. The molecule has 1 nitrogen and oxygen atoms in total. The van der Waals surface area contributed by atoms with Gasteiger partial charge in [-0.05, 0) is 32.1 Å². The van der Waals surface area contributed by atoms with Gasteiger partial charge in [-0.1, -0.05) is 40.0 Å². The minimum absolute atomic E-state index is 0. The van der Waals surface area contributed by atoms with Crippen LogP contribution in [0.1, 0.15) is 78.6 Å². The third-order valence-electron chi connectivity index (χ3n) is 4.39. The van der Waals surface area contributed by atoms with Crippen LogP contribution in [-0.2, 0) is 4.74 Å². The normalized spacial score (nSPS) is 17.4. The van der Waals surface area contributed by atoms with E-state index in [1.165, 1.54) is 82.0 Å². The summed E-state index contributed by atoms with van der Waals surface area (Å²) in [5, 5.41) is 0. The predicted molar refractivity (Wildman–Crippen MR) is 94.1 cm³/mol. The summed E-state index contributed by atoms with van der Waals surface area (Å²) in [6, 6.07) is 0. The molecule has 0 spiro atoms. The zero-order valence-corrected chi connectivity index (χ0v) is 16.2. The molecular formula is C18H36ClOP. The first-order valence-electron chi connectivity index (χ1n) is 8.96. The van der Waals surface area contributed by atoms with Gasteiger partial charge >= 0.3 is 0 Å². The van der Waals surface area contributed by atoms with Gasteiger partial charge in [0, 0.05) is 13.7 Å². The Morgan fingerprint density at radius 3 is 1.81 bits per heavy atom. The smallest absolute Gasteiger partial charge is 0.130 e. The molecule has 0 saturated carbocycles. The van der Waals surface area contributed by atoms with E-state index in [0.717, 1.165) is 6.61 Å². The Balaban J connectivity index is 0.00000400. The van der Waals surface area contributed by atoms with Crippen molar-refractivity contribution in [1.82, 2.24) is 0 Å². The second-order valence-electron chi connectivity index (χ2n) is 6.35. The number of halogens is 1. The fourth-order valence-corrected chi connectivity index (χ4v) is 7.74. The van der Waals surface area contributed by atoms with Crippen LogP contribution in [0.4, 0.5) is 0 Å².